The first-order valence-electron chi connectivity index (χ1n) is 5.41. The Morgan fingerprint density at radius 1 is 1.06 bits per heavy atom. The summed E-state index contributed by atoms with van der Waals surface area (Å²) in [6, 6.07) is 0. The molecule has 17 heavy (non-hydrogen) atoms. The van der Waals surface area contributed by atoms with Gasteiger partial charge in [-0.3, -0.25) is 0 Å². The fourth-order valence-corrected chi connectivity index (χ4v) is 1.58. The van der Waals surface area contributed by atoms with Crippen molar-refractivity contribution in [1.29, 1.82) is 0 Å². The van der Waals surface area contributed by atoms with Crippen molar-refractivity contribution in [3.63, 3.8) is 0 Å². The number of aliphatic hydroxyl groups is 4. The summed E-state index contributed by atoms with van der Waals surface area (Å²) in [7, 11) is 0. The maximum atomic E-state index is 9.64. The van der Waals surface area contributed by atoms with Crippen molar-refractivity contribution in [2.45, 2.75) is 36.8 Å². The number of nitrogens with two attached hydrogens (primary N) is 2. The van der Waals surface area contributed by atoms with Gasteiger partial charge >= 0.3 is 0 Å². The van der Waals surface area contributed by atoms with Crippen LogP contribution in [0.2, 0.25) is 0 Å². The van der Waals surface area contributed by atoms with Crippen LogP contribution < -0.4 is 11.5 Å². The van der Waals surface area contributed by atoms with E-state index in [4.69, 9.17) is 26.0 Å². The van der Waals surface area contributed by atoms with Gasteiger partial charge in [0.05, 0.1) is 12.7 Å². The van der Waals surface area contributed by atoms with E-state index in [1.807, 2.05) is 0 Å². The van der Waals surface area contributed by atoms with E-state index in [0.717, 1.165) is 0 Å². The van der Waals surface area contributed by atoms with E-state index >= 15 is 0 Å². The maximum absolute atomic E-state index is 9.64. The average molecular weight is 252 g/mol. The minimum Gasteiger partial charge on any atom is -0.394 e. The Balaban J connectivity index is 2.65. The van der Waals surface area contributed by atoms with Crippen LogP contribution in [0.1, 0.15) is 0 Å². The second kappa shape index (κ2) is 6.57. The number of ether oxygens (including phenoxy) is 2. The summed E-state index contributed by atoms with van der Waals surface area (Å²) in [6.07, 6.45) is -6.98. The first-order valence-corrected chi connectivity index (χ1v) is 5.41. The van der Waals surface area contributed by atoms with Gasteiger partial charge in [0, 0.05) is 13.1 Å². The summed E-state index contributed by atoms with van der Waals surface area (Å²) in [5.74, 6) is 0. The molecule has 0 amide bonds. The van der Waals surface area contributed by atoms with E-state index in [1.165, 1.54) is 0 Å². The third-order valence-electron chi connectivity index (χ3n) is 2.70. The highest BCUT2D eigenvalue weighted by Gasteiger charge is 2.44. The van der Waals surface area contributed by atoms with Crippen molar-refractivity contribution in [2.24, 2.45) is 11.5 Å². The Kier molecular flexibility index (Phi) is 5.70. The van der Waals surface area contributed by atoms with Crippen LogP contribution in [0.25, 0.3) is 0 Å². The molecule has 1 fully saturated rings. The third kappa shape index (κ3) is 3.33. The molecule has 0 aromatic rings. The van der Waals surface area contributed by atoms with Crippen LogP contribution in [0.4, 0.5) is 0 Å². The third-order valence-corrected chi connectivity index (χ3v) is 2.70. The maximum Gasteiger partial charge on any atom is 0.187 e. The summed E-state index contributed by atoms with van der Waals surface area (Å²) in [6.45, 7) is -0.238. The molecular formula is C9H20N2O6. The molecule has 0 saturated carbocycles. The zero-order valence-electron chi connectivity index (χ0n) is 9.35. The molecular weight excluding hydrogens is 232 g/mol. The summed E-state index contributed by atoms with van der Waals surface area (Å²) < 4.78 is 10.4. The lowest BCUT2D eigenvalue weighted by molar-refractivity contribution is -0.309. The Morgan fingerprint density at radius 2 is 1.65 bits per heavy atom. The first-order chi connectivity index (χ1) is 8.04. The fraction of sp³-hybridized carbons (Fsp3) is 1.00. The van der Waals surface area contributed by atoms with Crippen molar-refractivity contribution in [1.82, 2.24) is 0 Å². The summed E-state index contributed by atoms with van der Waals surface area (Å²) in [5, 5.41) is 37.6. The predicted molar refractivity (Wildman–Crippen MR) is 56.7 cm³/mol. The van der Waals surface area contributed by atoms with E-state index in [1.54, 1.807) is 0 Å². The molecule has 0 aliphatic carbocycles. The minimum absolute atomic E-state index is 0.130. The SMILES string of the molecule is NCC(CN)O[C@H]1O[C@H](CO)[C@H](O)[C@@H](O)[C@H]1O. The summed E-state index contributed by atoms with van der Waals surface area (Å²) >= 11 is 0. The van der Waals surface area contributed by atoms with Crippen LogP contribution in [0, 0.1) is 0 Å². The van der Waals surface area contributed by atoms with Crippen LogP contribution in [-0.2, 0) is 9.47 Å². The largest absolute Gasteiger partial charge is 0.394 e. The molecule has 0 aromatic heterocycles. The minimum atomic E-state index is -1.46. The van der Waals surface area contributed by atoms with Crippen LogP contribution in [-0.4, -0.2) is 76.9 Å². The van der Waals surface area contributed by atoms with Gasteiger partial charge in [0.15, 0.2) is 6.29 Å². The van der Waals surface area contributed by atoms with E-state index in [2.05, 4.69) is 0 Å². The molecule has 5 atom stereocenters. The monoisotopic (exact) mass is 252 g/mol. The fourth-order valence-electron chi connectivity index (χ4n) is 1.58. The zero-order valence-corrected chi connectivity index (χ0v) is 9.35. The highest BCUT2D eigenvalue weighted by Crippen LogP contribution is 2.22. The van der Waals surface area contributed by atoms with Gasteiger partial charge in [-0.15, -0.1) is 0 Å². The zero-order chi connectivity index (χ0) is 13.0. The average Bonchev–Trinajstić information content (AvgIpc) is 2.35. The van der Waals surface area contributed by atoms with Gasteiger partial charge in [-0.25, -0.2) is 0 Å². The number of hydrogen-bond donors (Lipinski definition) is 6. The molecule has 0 spiro atoms. The van der Waals surface area contributed by atoms with Crippen molar-refractivity contribution < 1.29 is 29.9 Å². The molecule has 1 aliphatic heterocycles. The topological polar surface area (TPSA) is 151 Å². The first kappa shape index (κ1) is 14.7. The molecule has 0 radical (unpaired) electrons. The van der Waals surface area contributed by atoms with Crippen molar-refractivity contribution in [3.8, 4) is 0 Å². The molecule has 8 nitrogen and oxygen atoms in total. The molecule has 1 heterocycles. The summed E-state index contributed by atoms with van der Waals surface area (Å²) in [5.41, 5.74) is 10.7. The van der Waals surface area contributed by atoms with Gasteiger partial charge in [-0.2, -0.15) is 0 Å². The Labute approximate surface area is 98.7 Å². The number of rotatable bonds is 5. The van der Waals surface area contributed by atoms with E-state index in [-0.39, 0.29) is 13.1 Å². The quantitative estimate of drug-likeness (QED) is 0.290. The lowest BCUT2D eigenvalue weighted by Gasteiger charge is -2.40. The van der Waals surface area contributed by atoms with Gasteiger partial charge in [0.1, 0.15) is 24.4 Å². The Morgan fingerprint density at radius 3 is 2.12 bits per heavy atom. The molecule has 102 valence electrons. The molecule has 1 rings (SSSR count). The van der Waals surface area contributed by atoms with Crippen LogP contribution in [0.3, 0.4) is 0 Å². The normalized spacial score (nSPS) is 38.6. The van der Waals surface area contributed by atoms with E-state index in [0.29, 0.717) is 0 Å². The highest BCUT2D eigenvalue weighted by molar-refractivity contribution is 4.89. The smallest absolute Gasteiger partial charge is 0.187 e. The molecule has 1 saturated heterocycles. The van der Waals surface area contributed by atoms with E-state index < -0.39 is 43.4 Å². The molecule has 8 N–H and O–H groups in total. The van der Waals surface area contributed by atoms with E-state index in [9.17, 15) is 15.3 Å². The lowest BCUT2D eigenvalue weighted by atomic mass is 9.99. The predicted octanol–water partition coefficient (Wildman–Crippen LogP) is -3.91. The van der Waals surface area contributed by atoms with Gasteiger partial charge in [0.25, 0.3) is 0 Å². The highest BCUT2D eigenvalue weighted by atomic mass is 16.7. The molecule has 0 bridgehead atoms. The lowest BCUT2D eigenvalue weighted by Crippen LogP contribution is -2.60. The van der Waals surface area contributed by atoms with Crippen molar-refractivity contribution in [3.05, 3.63) is 0 Å². The van der Waals surface area contributed by atoms with Crippen LogP contribution in [0.5, 0.6) is 0 Å². The van der Waals surface area contributed by atoms with Crippen molar-refractivity contribution >= 4 is 0 Å². The second-order valence-electron chi connectivity index (χ2n) is 3.93. The van der Waals surface area contributed by atoms with Gasteiger partial charge < -0.3 is 41.4 Å². The Hall–Kier alpha value is -0.320. The van der Waals surface area contributed by atoms with Crippen molar-refractivity contribution in [2.75, 3.05) is 19.7 Å². The molecule has 0 unspecified atom stereocenters. The van der Waals surface area contributed by atoms with Crippen LogP contribution >= 0.6 is 0 Å². The van der Waals surface area contributed by atoms with Gasteiger partial charge in [-0.1, -0.05) is 0 Å². The molecule has 8 heteroatoms. The second-order valence-corrected chi connectivity index (χ2v) is 3.93. The molecule has 0 aromatic carbocycles. The van der Waals surface area contributed by atoms with Crippen LogP contribution in [0.15, 0.2) is 0 Å². The summed E-state index contributed by atoms with van der Waals surface area (Å²) in [4.78, 5) is 0. The van der Waals surface area contributed by atoms with Gasteiger partial charge in [0.2, 0.25) is 0 Å². The van der Waals surface area contributed by atoms with Gasteiger partial charge in [-0.05, 0) is 0 Å². The number of hydrogen-bond acceptors (Lipinski definition) is 8. The molecule has 1 aliphatic rings. The number of aliphatic hydroxyl groups excluding tert-OH is 4. The Bertz CT molecular complexity index is 224. The standard InChI is InChI=1S/C9H20N2O6/c10-1-4(2-11)16-9-8(15)7(14)6(13)5(3-12)17-9/h4-9,12-15H,1-3,10-11H2/t5-,6+,7-,8-,9+/m1/s1.